The second-order valence-electron chi connectivity index (χ2n) is 6.90. The second-order valence-corrected chi connectivity index (χ2v) is 6.90. The molecule has 1 aliphatic carbocycles. The summed E-state index contributed by atoms with van der Waals surface area (Å²) in [6.45, 7) is 4.70. The van der Waals surface area contributed by atoms with Crippen LogP contribution in [0.25, 0.3) is 0 Å². The van der Waals surface area contributed by atoms with Crippen molar-refractivity contribution in [2.24, 2.45) is 0 Å². The Morgan fingerprint density at radius 2 is 1.96 bits per heavy atom. The first-order valence-electron chi connectivity index (χ1n) is 9.46. The third-order valence-electron chi connectivity index (χ3n) is 4.89. The number of rotatable bonds is 8. The van der Waals surface area contributed by atoms with E-state index in [0.29, 0.717) is 6.61 Å². The van der Waals surface area contributed by atoms with E-state index in [4.69, 9.17) is 4.74 Å². The first kappa shape index (κ1) is 17.8. The molecule has 0 heterocycles. The van der Waals surface area contributed by atoms with Gasteiger partial charge in [0.25, 0.3) is 0 Å². The van der Waals surface area contributed by atoms with Gasteiger partial charge < -0.3 is 10.1 Å². The summed E-state index contributed by atoms with van der Waals surface area (Å²) in [7, 11) is 0. The van der Waals surface area contributed by atoms with Crippen molar-refractivity contribution in [2.75, 3.05) is 6.54 Å². The lowest BCUT2D eigenvalue weighted by Gasteiger charge is -2.13. The van der Waals surface area contributed by atoms with E-state index in [1.165, 1.54) is 48.8 Å². The molecule has 0 unspecified atom stereocenters. The number of allylic oxidation sites excluding steroid dienone is 1. The molecule has 0 aliphatic heterocycles. The monoisotopic (exact) mass is 335 g/mol. The van der Waals surface area contributed by atoms with Crippen LogP contribution in [0.5, 0.6) is 5.75 Å². The van der Waals surface area contributed by atoms with E-state index < -0.39 is 0 Å². The van der Waals surface area contributed by atoms with E-state index in [1.54, 1.807) is 5.57 Å². The van der Waals surface area contributed by atoms with Crippen LogP contribution in [-0.2, 0) is 13.2 Å². The van der Waals surface area contributed by atoms with Gasteiger partial charge in [-0.3, -0.25) is 0 Å². The molecule has 2 nitrogen and oxygen atoms in total. The maximum Gasteiger partial charge on any atom is 0.120 e. The number of aryl methyl sites for hydroxylation is 1. The quantitative estimate of drug-likeness (QED) is 0.504. The molecular formula is C23H29NO. The number of hydrogen-bond acceptors (Lipinski definition) is 2. The normalized spacial score (nSPS) is 14.2. The molecule has 0 bridgehead atoms. The van der Waals surface area contributed by atoms with Crippen LogP contribution in [0, 0.1) is 6.92 Å². The molecule has 2 aromatic carbocycles. The van der Waals surface area contributed by atoms with Gasteiger partial charge in [-0.25, -0.2) is 0 Å². The predicted molar refractivity (Wildman–Crippen MR) is 105 cm³/mol. The van der Waals surface area contributed by atoms with Crippen molar-refractivity contribution in [1.29, 1.82) is 0 Å². The highest BCUT2D eigenvalue weighted by Crippen LogP contribution is 2.20. The zero-order chi connectivity index (χ0) is 17.3. The summed E-state index contributed by atoms with van der Waals surface area (Å²) >= 11 is 0. The van der Waals surface area contributed by atoms with Crippen LogP contribution in [0.1, 0.15) is 48.8 Å². The van der Waals surface area contributed by atoms with E-state index >= 15 is 0 Å². The Hall–Kier alpha value is -2.06. The summed E-state index contributed by atoms with van der Waals surface area (Å²) in [5.41, 5.74) is 5.43. The molecule has 0 aromatic heterocycles. The first-order chi connectivity index (χ1) is 12.3. The topological polar surface area (TPSA) is 21.3 Å². The Labute approximate surface area is 151 Å². The molecule has 3 rings (SSSR count). The number of ether oxygens (including phenoxy) is 1. The smallest absolute Gasteiger partial charge is 0.120 e. The van der Waals surface area contributed by atoms with Crippen LogP contribution in [0.3, 0.4) is 0 Å². The molecule has 2 aromatic rings. The van der Waals surface area contributed by atoms with Crippen molar-refractivity contribution < 1.29 is 4.74 Å². The van der Waals surface area contributed by atoms with E-state index in [0.717, 1.165) is 18.8 Å². The SMILES string of the molecule is Cc1ccccc1COc1cccc(CNCCC2=CCCCC2)c1. The zero-order valence-corrected chi connectivity index (χ0v) is 15.3. The van der Waals surface area contributed by atoms with Crippen molar-refractivity contribution in [3.05, 3.63) is 76.9 Å². The van der Waals surface area contributed by atoms with Crippen molar-refractivity contribution >= 4 is 0 Å². The van der Waals surface area contributed by atoms with Crippen molar-refractivity contribution in [2.45, 2.75) is 52.2 Å². The molecule has 132 valence electrons. The van der Waals surface area contributed by atoms with Gasteiger partial charge in [-0.1, -0.05) is 48.0 Å². The van der Waals surface area contributed by atoms with Crippen LogP contribution in [0.2, 0.25) is 0 Å². The molecule has 1 aliphatic rings. The van der Waals surface area contributed by atoms with E-state index in [2.05, 4.69) is 60.8 Å². The lowest BCUT2D eigenvalue weighted by atomic mass is 9.97. The number of benzene rings is 2. The van der Waals surface area contributed by atoms with Gasteiger partial charge in [-0.15, -0.1) is 0 Å². The largest absolute Gasteiger partial charge is 0.489 e. The third kappa shape index (κ3) is 5.75. The highest BCUT2D eigenvalue weighted by atomic mass is 16.5. The van der Waals surface area contributed by atoms with Gasteiger partial charge in [0.2, 0.25) is 0 Å². The Balaban J connectivity index is 1.44. The molecule has 0 saturated carbocycles. The summed E-state index contributed by atoms with van der Waals surface area (Å²) in [5, 5.41) is 3.56. The lowest BCUT2D eigenvalue weighted by molar-refractivity contribution is 0.305. The molecule has 0 radical (unpaired) electrons. The van der Waals surface area contributed by atoms with Gasteiger partial charge in [-0.05, 0) is 74.4 Å². The van der Waals surface area contributed by atoms with E-state index in [-0.39, 0.29) is 0 Å². The third-order valence-corrected chi connectivity index (χ3v) is 4.89. The second kappa shape index (κ2) is 9.43. The van der Waals surface area contributed by atoms with Crippen molar-refractivity contribution in [3.63, 3.8) is 0 Å². The molecular weight excluding hydrogens is 306 g/mol. The minimum Gasteiger partial charge on any atom is -0.489 e. The van der Waals surface area contributed by atoms with Crippen LogP contribution < -0.4 is 10.1 Å². The van der Waals surface area contributed by atoms with Crippen LogP contribution >= 0.6 is 0 Å². The maximum atomic E-state index is 5.98. The molecule has 0 amide bonds. The fourth-order valence-corrected chi connectivity index (χ4v) is 3.29. The molecule has 25 heavy (non-hydrogen) atoms. The predicted octanol–water partition coefficient (Wildman–Crippen LogP) is 5.55. The van der Waals surface area contributed by atoms with Gasteiger partial charge in [0.15, 0.2) is 0 Å². The van der Waals surface area contributed by atoms with Gasteiger partial charge in [0.1, 0.15) is 12.4 Å². The minimum absolute atomic E-state index is 0.623. The number of hydrogen-bond donors (Lipinski definition) is 1. The summed E-state index contributed by atoms with van der Waals surface area (Å²) in [4.78, 5) is 0. The Bertz CT molecular complexity index is 705. The lowest BCUT2D eigenvalue weighted by Crippen LogP contribution is -2.15. The van der Waals surface area contributed by atoms with Crippen LogP contribution in [0.4, 0.5) is 0 Å². The summed E-state index contributed by atoms with van der Waals surface area (Å²) in [6, 6.07) is 16.8. The average molecular weight is 335 g/mol. The maximum absolute atomic E-state index is 5.98. The standard InChI is InChI=1S/C23H29NO/c1-19-8-5-6-12-22(19)18-25-23-13-7-11-21(16-23)17-24-15-14-20-9-3-2-4-10-20/h5-9,11-13,16,24H,2-4,10,14-15,17-18H2,1H3. The highest BCUT2D eigenvalue weighted by molar-refractivity contribution is 5.30. The fourth-order valence-electron chi connectivity index (χ4n) is 3.29. The van der Waals surface area contributed by atoms with Gasteiger partial charge in [0, 0.05) is 6.54 Å². The fraction of sp³-hybridized carbons (Fsp3) is 0.391. The molecule has 1 N–H and O–H groups in total. The van der Waals surface area contributed by atoms with E-state index in [1.807, 2.05) is 6.07 Å². The molecule has 2 heteroatoms. The van der Waals surface area contributed by atoms with Gasteiger partial charge in [-0.2, -0.15) is 0 Å². The van der Waals surface area contributed by atoms with Crippen LogP contribution in [-0.4, -0.2) is 6.54 Å². The summed E-state index contributed by atoms with van der Waals surface area (Å²) < 4.78 is 5.98. The Kier molecular flexibility index (Phi) is 6.70. The Morgan fingerprint density at radius 3 is 2.80 bits per heavy atom. The number of nitrogens with one attached hydrogen (secondary N) is 1. The molecule has 0 spiro atoms. The molecule has 0 saturated heterocycles. The summed E-state index contributed by atoms with van der Waals surface area (Å²) in [5.74, 6) is 0.942. The zero-order valence-electron chi connectivity index (χ0n) is 15.3. The highest BCUT2D eigenvalue weighted by Gasteiger charge is 2.04. The average Bonchev–Trinajstić information content (AvgIpc) is 2.66. The Morgan fingerprint density at radius 1 is 1.04 bits per heavy atom. The van der Waals surface area contributed by atoms with E-state index in [9.17, 15) is 0 Å². The summed E-state index contributed by atoms with van der Waals surface area (Å²) in [6.07, 6.45) is 8.92. The first-order valence-corrected chi connectivity index (χ1v) is 9.46. The minimum atomic E-state index is 0.623. The van der Waals surface area contributed by atoms with Crippen molar-refractivity contribution in [1.82, 2.24) is 5.32 Å². The van der Waals surface area contributed by atoms with Gasteiger partial charge in [0.05, 0.1) is 0 Å². The van der Waals surface area contributed by atoms with Gasteiger partial charge >= 0.3 is 0 Å². The molecule has 0 fully saturated rings. The van der Waals surface area contributed by atoms with Crippen molar-refractivity contribution in [3.8, 4) is 5.75 Å². The van der Waals surface area contributed by atoms with Crippen LogP contribution in [0.15, 0.2) is 60.2 Å². The molecule has 0 atom stereocenters.